The smallest absolute Gasteiger partial charge is 0.320 e. The topological polar surface area (TPSA) is 116 Å². The van der Waals surface area contributed by atoms with Crippen LogP contribution in [-0.4, -0.2) is 38.7 Å². The minimum absolute atomic E-state index is 0.144. The maximum absolute atomic E-state index is 12.2. The fourth-order valence-electron chi connectivity index (χ4n) is 2.89. The average molecular weight is 368 g/mol. The Morgan fingerprint density at radius 2 is 1.72 bits per heavy atom. The highest BCUT2D eigenvalue weighted by Crippen LogP contribution is 2.27. The highest BCUT2D eigenvalue weighted by molar-refractivity contribution is 7.91. The summed E-state index contributed by atoms with van der Waals surface area (Å²) >= 11 is 0. The molecule has 3 N–H and O–H groups in total. The van der Waals surface area contributed by atoms with E-state index in [4.69, 9.17) is 5.73 Å². The van der Waals surface area contributed by atoms with Crippen molar-refractivity contribution in [3.63, 3.8) is 0 Å². The number of benzene rings is 1. The predicted octanol–water partition coefficient (Wildman–Crippen LogP) is 0.662. The van der Waals surface area contributed by atoms with Crippen molar-refractivity contribution in [2.45, 2.75) is 43.5 Å². The number of carbonyl (C=O) groups is 2. The van der Waals surface area contributed by atoms with Crippen molar-refractivity contribution in [1.82, 2.24) is 5.32 Å². The number of hydrogen-bond donors (Lipinski definition) is 2. The summed E-state index contributed by atoms with van der Waals surface area (Å²) in [4.78, 5) is 23.3. The molecule has 0 bridgehead atoms. The van der Waals surface area contributed by atoms with Crippen molar-refractivity contribution >= 4 is 21.7 Å². The average Bonchev–Trinajstić information content (AvgIpc) is 3.01. The Morgan fingerprint density at radius 3 is 2.28 bits per heavy atom. The third kappa shape index (κ3) is 5.54. The molecule has 0 radical (unpaired) electrons. The summed E-state index contributed by atoms with van der Waals surface area (Å²) in [6.07, 6.45) is 3.35. The van der Waals surface area contributed by atoms with Gasteiger partial charge in [-0.25, -0.2) is 8.42 Å². The van der Waals surface area contributed by atoms with Crippen molar-refractivity contribution in [3.05, 3.63) is 35.4 Å². The van der Waals surface area contributed by atoms with E-state index in [0.717, 1.165) is 25.5 Å². The first-order valence-corrected chi connectivity index (χ1v) is 9.98. The Morgan fingerprint density at radius 1 is 1.16 bits per heavy atom. The minimum atomic E-state index is -3.56. The normalized spacial score (nSPS) is 16.4. The predicted molar refractivity (Wildman–Crippen MR) is 93.2 cm³/mol. The Labute approximate surface area is 147 Å². The lowest BCUT2D eigenvalue weighted by atomic mass is 9.98. The molecule has 0 atom stereocenters. The zero-order chi connectivity index (χ0) is 18.5. The van der Waals surface area contributed by atoms with E-state index in [1.807, 2.05) is 0 Å². The second-order valence-corrected chi connectivity index (χ2v) is 8.54. The van der Waals surface area contributed by atoms with E-state index in [1.165, 1.54) is 0 Å². The van der Waals surface area contributed by atoms with Gasteiger partial charge in [-0.3, -0.25) is 9.59 Å². The van der Waals surface area contributed by atoms with Gasteiger partial charge in [-0.05, 0) is 24.0 Å². The number of nitrogens with one attached hydrogen (secondary N) is 1. The first-order chi connectivity index (χ1) is 11.7. The van der Waals surface area contributed by atoms with Gasteiger partial charge in [-0.2, -0.15) is 0 Å². The molecule has 25 heavy (non-hydrogen) atoms. The first kappa shape index (κ1) is 19.4. The lowest BCUT2D eigenvalue weighted by Crippen LogP contribution is -2.51. The molecule has 1 fully saturated rings. The maximum Gasteiger partial charge on any atom is 0.320 e. The molecule has 0 saturated heterocycles. The van der Waals surface area contributed by atoms with Crippen molar-refractivity contribution in [2.24, 2.45) is 5.73 Å². The number of methoxy groups -OCH3 is 1. The van der Waals surface area contributed by atoms with Crippen molar-refractivity contribution in [1.29, 1.82) is 0 Å². The van der Waals surface area contributed by atoms with Gasteiger partial charge in [0.15, 0.2) is 9.84 Å². The summed E-state index contributed by atoms with van der Waals surface area (Å²) in [6, 6.07) is 6.84. The Bertz CT molecular complexity index is 722. The van der Waals surface area contributed by atoms with Crippen molar-refractivity contribution < 1.29 is 22.7 Å². The molecule has 8 heteroatoms. The van der Waals surface area contributed by atoms with Crippen LogP contribution in [0.5, 0.6) is 0 Å². The molecule has 1 aromatic rings. The quantitative estimate of drug-likeness (QED) is 0.683. The summed E-state index contributed by atoms with van der Waals surface area (Å²) in [5.41, 5.74) is 6.76. The summed E-state index contributed by atoms with van der Waals surface area (Å²) in [5, 5.41) is 2.84. The van der Waals surface area contributed by atoms with E-state index in [-0.39, 0.29) is 11.7 Å². The molecule has 1 aliphatic rings. The zero-order valence-corrected chi connectivity index (χ0v) is 15.1. The number of rotatable bonds is 7. The molecule has 0 heterocycles. The van der Waals surface area contributed by atoms with Gasteiger partial charge in [-0.15, -0.1) is 0 Å². The molecule has 0 aliphatic heterocycles. The summed E-state index contributed by atoms with van der Waals surface area (Å²) < 4.78 is 28.1. The van der Waals surface area contributed by atoms with Gasteiger partial charge in [0.2, 0.25) is 5.91 Å². The number of nitrogens with two attached hydrogens (primary N) is 1. The van der Waals surface area contributed by atoms with Gasteiger partial charge in [0.25, 0.3) is 0 Å². The minimum Gasteiger partial charge on any atom is -0.468 e. The van der Waals surface area contributed by atoms with Crippen molar-refractivity contribution in [2.75, 3.05) is 12.9 Å². The monoisotopic (exact) mass is 368 g/mol. The third-order valence-electron chi connectivity index (χ3n) is 4.38. The number of hydrogen-bond acceptors (Lipinski definition) is 6. The molecule has 2 rings (SSSR count). The van der Waals surface area contributed by atoms with E-state index in [1.54, 1.807) is 24.3 Å². The van der Waals surface area contributed by atoms with Gasteiger partial charge in [0, 0.05) is 6.54 Å². The Balaban J connectivity index is 1.89. The summed E-state index contributed by atoms with van der Waals surface area (Å²) in [6.45, 7) is 0.340. The van der Waals surface area contributed by atoms with E-state index >= 15 is 0 Å². The van der Waals surface area contributed by atoms with Crippen molar-refractivity contribution in [3.8, 4) is 0 Å². The third-order valence-corrected chi connectivity index (χ3v) is 5.82. The largest absolute Gasteiger partial charge is 0.468 e. The number of sulfone groups is 1. The van der Waals surface area contributed by atoms with Gasteiger partial charge < -0.3 is 15.8 Å². The van der Waals surface area contributed by atoms with Crippen LogP contribution in [0, 0.1) is 0 Å². The van der Waals surface area contributed by atoms with Gasteiger partial charge in [0.05, 0.1) is 18.4 Å². The second-order valence-electron chi connectivity index (χ2n) is 6.47. The zero-order valence-electron chi connectivity index (χ0n) is 14.3. The van der Waals surface area contributed by atoms with E-state index in [0.29, 0.717) is 24.9 Å². The molecule has 1 amide bonds. The maximum atomic E-state index is 12.2. The number of carbonyl (C=O) groups excluding carboxylic acids is 2. The Kier molecular flexibility index (Phi) is 6.18. The summed E-state index contributed by atoms with van der Waals surface area (Å²) in [7, 11) is -2.41. The lowest BCUT2D eigenvalue weighted by molar-refractivity contribution is -0.137. The van der Waals surface area contributed by atoms with E-state index < -0.39 is 27.1 Å². The molecule has 0 spiro atoms. The van der Waals surface area contributed by atoms with Crippen LogP contribution in [0.15, 0.2) is 24.3 Å². The standard InChI is InChI=1S/C17H24N2O5S/c1-24-15(20)12-25(22,23)11-14-6-4-13(5-7-14)10-19-16(21)17(18)8-2-3-9-17/h4-7H,2-3,8-12,18H2,1H3,(H,19,21). The first-order valence-electron chi connectivity index (χ1n) is 8.16. The van der Waals surface area contributed by atoms with E-state index in [9.17, 15) is 18.0 Å². The molecule has 1 aromatic carbocycles. The van der Waals surface area contributed by atoms with Crippen LogP contribution in [-0.2, 0) is 36.5 Å². The highest BCUT2D eigenvalue weighted by Gasteiger charge is 2.36. The molecule has 1 aliphatic carbocycles. The number of ether oxygens (including phenoxy) is 1. The molecule has 0 aromatic heterocycles. The summed E-state index contributed by atoms with van der Waals surface area (Å²) in [5.74, 6) is -1.79. The van der Waals surface area contributed by atoms with Gasteiger partial charge in [-0.1, -0.05) is 37.1 Å². The fourth-order valence-corrected chi connectivity index (χ4v) is 4.17. The van der Waals surface area contributed by atoms with Crippen LogP contribution in [0.1, 0.15) is 36.8 Å². The van der Waals surface area contributed by atoms with Crippen LogP contribution in [0.2, 0.25) is 0 Å². The van der Waals surface area contributed by atoms with Crippen LogP contribution in [0.3, 0.4) is 0 Å². The van der Waals surface area contributed by atoms with Crippen LogP contribution in [0.4, 0.5) is 0 Å². The number of amides is 1. The van der Waals surface area contributed by atoms with Crippen LogP contribution in [0.25, 0.3) is 0 Å². The number of esters is 1. The molecule has 7 nitrogen and oxygen atoms in total. The van der Waals surface area contributed by atoms with Gasteiger partial charge in [0.1, 0.15) is 5.75 Å². The lowest BCUT2D eigenvalue weighted by Gasteiger charge is -2.22. The molecule has 138 valence electrons. The molecular weight excluding hydrogens is 344 g/mol. The molecule has 1 saturated carbocycles. The molecular formula is C17H24N2O5S. The fraction of sp³-hybridized carbons (Fsp3) is 0.529. The molecule has 0 unspecified atom stereocenters. The van der Waals surface area contributed by atoms with Gasteiger partial charge >= 0.3 is 5.97 Å². The second kappa shape index (κ2) is 7.97. The highest BCUT2D eigenvalue weighted by atomic mass is 32.2. The van der Waals surface area contributed by atoms with Crippen LogP contribution < -0.4 is 11.1 Å². The Hall–Kier alpha value is -1.93. The van der Waals surface area contributed by atoms with E-state index in [2.05, 4.69) is 10.1 Å². The SMILES string of the molecule is COC(=O)CS(=O)(=O)Cc1ccc(CNC(=O)C2(N)CCCC2)cc1. The van der Waals surface area contributed by atoms with Crippen LogP contribution >= 0.6 is 0 Å².